The molecule has 11 heteroatoms. The Morgan fingerprint density at radius 3 is 2.28 bits per heavy atom. The van der Waals surface area contributed by atoms with E-state index in [1.165, 1.54) is 23.1 Å². The molecule has 0 aliphatic carbocycles. The molecule has 0 saturated carbocycles. The molecule has 5 aromatic carbocycles. The predicted molar refractivity (Wildman–Crippen MR) is 202 cm³/mol. The van der Waals surface area contributed by atoms with Crippen LogP contribution in [0.5, 0.6) is 17.2 Å². The van der Waals surface area contributed by atoms with Crippen LogP contribution < -0.4 is 25.0 Å². The van der Waals surface area contributed by atoms with E-state index in [9.17, 15) is 4.79 Å². The van der Waals surface area contributed by atoms with Crippen LogP contribution >= 0.6 is 34.5 Å². The van der Waals surface area contributed by atoms with E-state index in [2.05, 4.69) is 20.8 Å². The van der Waals surface area contributed by atoms with E-state index in [1.54, 1.807) is 31.4 Å². The molecule has 1 heterocycles. The average molecular weight is 724 g/mol. The van der Waals surface area contributed by atoms with Gasteiger partial charge in [0, 0.05) is 22.2 Å². The van der Waals surface area contributed by atoms with Gasteiger partial charge in [-0.05, 0) is 72.1 Å². The number of hydrogen-bond acceptors (Lipinski definition) is 8. The fraction of sp³-hybridized carbons (Fsp3) is 0.103. The number of aryl methyl sites for hydroxylation is 1. The summed E-state index contributed by atoms with van der Waals surface area (Å²) < 4.78 is 17.4. The molecule has 0 unspecified atom stereocenters. The molecule has 6 aromatic rings. The van der Waals surface area contributed by atoms with Gasteiger partial charge in [0.1, 0.15) is 13.2 Å². The number of carbonyl (C=O) groups excluding carboxylic acids is 1. The maximum absolute atomic E-state index is 12.8. The van der Waals surface area contributed by atoms with E-state index in [1.807, 2.05) is 97.2 Å². The van der Waals surface area contributed by atoms with E-state index in [4.69, 9.17) is 37.4 Å². The lowest BCUT2D eigenvalue weighted by Gasteiger charge is -2.14. The van der Waals surface area contributed by atoms with Crippen LogP contribution in [0, 0.1) is 6.92 Å². The van der Waals surface area contributed by atoms with E-state index >= 15 is 0 Å². The fourth-order valence-electron chi connectivity index (χ4n) is 4.85. The Morgan fingerprint density at radius 1 is 0.840 bits per heavy atom. The standard InChI is InChI=1S/C39H32Cl2N4O4S/c1-25-8-15-31(16-9-25)43-39-44-34(24-50-39)29-11-13-30(14-12-29)38(46)45-42-21-28-18-32(40)37(33(41)19-28)49-23-27-10-17-35(36(20-27)47-2)48-22-26-6-4-3-5-7-26/h3-21,24H,22-23H2,1-2H3,(H,43,44)(H,45,46)/b42-21+. The van der Waals surface area contributed by atoms with Crippen LogP contribution in [0.1, 0.15) is 32.6 Å². The van der Waals surface area contributed by atoms with Gasteiger partial charge in [-0.25, -0.2) is 10.4 Å². The summed E-state index contributed by atoms with van der Waals surface area (Å²) in [5, 5.41) is 10.8. The number of benzene rings is 5. The third kappa shape index (κ3) is 9.00. The van der Waals surface area contributed by atoms with Crippen LogP contribution in [0.2, 0.25) is 10.0 Å². The number of amides is 1. The molecule has 0 spiro atoms. The first kappa shape index (κ1) is 34.5. The molecule has 0 aliphatic heterocycles. The maximum atomic E-state index is 12.8. The number of ether oxygens (including phenoxy) is 3. The van der Waals surface area contributed by atoms with Crippen molar-refractivity contribution in [3.8, 4) is 28.5 Å². The number of hydrazone groups is 1. The van der Waals surface area contributed by atoms with E-state index in [-0.39, 0.29) is 12.5 Å². The number of hydrogen-bond donors (Lipinski definition) is 2. The van der Waals surface area contributed by atoms with Crippen molar-refractivity contribution in [3.63, 3.8) is 0 Å². The summed E-state index contributed by atoms with van der Waals surface area (Å²) in [6.07, 6.45) is 1.46. The molecule has 0 saturated heterocycles. The van der Waals surface area contributed by atoms with Crippen LogP contribution in [-0.2, 0) is 13.2 Å². The number of carbonyl (C=O) groups is 1. The second-order valence-electron chi connectivity index (χ2n) is 11.2. The number of rotatable bonds is 13. The molecule has 0 bridgehead atoms. The van der Waals surface area contributed by atoms with Gasteiger partial charge in [-0.1, -0.05) is 89.4 Å². The summed E-state index contributed by atoms with van der Waals surface area (Å²) in [7, 11) is 1.59. The van der Waals surface area contributed by atoms with Crippen LogP contribution in [-0.4, -0.2) is 24.2 Å². The van der Waals surface area contributed by atoms with Crippen molar-refractivity contribution in [2.24, 2.45) is 5.10 Å². The number of nitrogens with one attached hydrogen (secondary N) is 2. The zero-order valence-corrected chi connectivity index (χ0v) is 29.5. The van der Waals surface area contributed by atoms with Gasteiger partial charge < -0.3 is 19.5 Å². The quantitative estimate of drug-likeness (QED) is 0.0910. The van der Waals surface area contributed by atoms with Crippen LogP contribution in [0.15, 0.2) is 120 Å². The Morgan fingerprint density at radius 2 is 1.56 bits per heavy atom. The van der Waals surface area contributed by atoms with Gasteiger partial charge in [0.05, 0.1) is 29.1 Å². The largest absolute Gasteiger partial charge is 0.493 e. The topological polar surface area (TPSA) is 94.1 Å². The van der Waals surface area contributed by atoms with E-state index in [0.29, 0.717) is 45.0 Å². The second-order valence-corrected chi connectivity index (χ2v) is 12.8. The molecule has 0 fully saturated rings. The minimum absolute atomic E-state index is 0.199. The van der Waals surface area contributed by atoms with Crippen molar-refractivity contribution < 1.29 is 19.0 Å². The van der Waals surface area contributed by atoms with Gasteiger partial charge in [0.25, 0.3) is 5.91 Å². The second kappa shape index (κ2) is 16.4. The Bertz CT molecular complexity index is 2080. The highest BCUT2D eigenvalue weighted by atomic mass is 35.5. The van der Waals surface area contributed by atoms with Crippen molar-refractivity contribution in [2.45, 2.75) is 20.1 Å². The molecule has 50 heavy (non-hydrogen) atoms. The number of halogens is 2. The lowest BCUT2D eigenvalue weighted by atomic mass is 10.1. The lowest BCUT2D eigenvalue weighted by molar-refractivity contribution is 0.0955. The predicted octanol–water partition coefficient (Wildman–Crippen LogP) is 10.1. The first-order valence-corrected chi connectivity index (χ1v) is 17.2. The number of nitrogens with zero attached hydrogens (tertiary/aromatic N) is 2. The summed E-state index contributed by atoms with van der Waals surface area (Å²) >= 11 is 14.6. The molecular formula is C39H32Cl2N4O4S. The monoisotopic (exact) mass is 722 g/mol. The third-order valence-corrected chi connectivity index (χ3v) is 8.82. The third-order valence-electron chi connectivity index (χ3n) is 7.50. The Kier molecular flexibility index (Phi) is 11.3. The first-order chi connectivity index (χ1) is 24.3. The van der Waals surface area contributed by atoms with Gasteiger partial charge in [-0.15, -0.1) is 11.3 Å². The highest BCUT2D eigenvalue weighted by Gasteiger charge is 2.13. The SMILES string of the molecule is COc1cc(COc2c(Cl)cc(/C=N/NC(=O)c3ccc(-c4csc(Nc5ccc(C)cc5)n4)cc3)cc2Cl)ccc1OCc1ccccc1. The Balaban J connectivity index is 1.01. The first-order valence-electron chi connectivity index (χ1n) is 15.5. The number of aromatic nitrogens is 1. The molecule has 0 atom stereocenters. The molecule has 2 N–H and O–H groups in total. The normalized spacial score (nSPS) is 11.0. The minimum Gasteiger partial charge on any atom is -0.493 e. The molecule has 1 amide bonds. The summed E-state index contributed by atoms with van der Waals surface area (Å²) in [6, 6.07) is 34.1. The molecule has 1 aromatic heterocycles. The number of methoxy groups -OCH3 is 1. The minimum atomic E-state index is -0.364. The van der Waals surface area contributed by atoms with E-state index in [0.717, 1.165) is 33.2 Å². The van der Waals surface area contributed by atoms with Crippen molar-refractivity contribution >= 4 is 57.5 Å². The van der Waals surface area contributed by atoms with Gasteiger partial charge in [0.2, 0.25) is 0 Å². The summed E-state index contributed by atoms with van der Waals surface area (Å²) in [6.45, 7) is 2.67. The van der Waals surface area contributed by atoms with Crippen molar-refractivity contribution in [3.05, 3.63) is 152 Å². The zero-order chi connectivity index (χ0) is 34.9. The van der Waals surface area contributed by atoms with Crippen LogP contribution in [0.3, 0.4) is 0 Å². The smallest absolute Gasteiger partial charge is 0.271 e. The molecule has 0 aliphatic rings. The Labute approximate surface area is 304 Å². The zero-order valence-electron chi connectivity index (χ0n) is 27.2. The van der Waals surface area contributed by atoms with Crippen LogP contribution in [0.25, 0.3) is 11.3 Å². The summed E-state index contributed by atoms with van der Waals surface area (Å²) in [4.78, 5) is 17.4. The van der Waals surface area contributed by atoms with Crippen molar-refractivity contribution in [1.29, 1.82) is 0 Å². The highest BCUT2D eigenvalue weighted by molar-refractivity contribution is 7.14. The van der Waals surface area contributed by atoms with Gasteiger partial charge >= 0.3 is 0 Å². The number of anilines is 2. The van der Waals surface area contributed by atoms with Gasteiger partial charge in [-0.2, -0.15) is 5.10 Å². The van der Waals surface area contributed by atoms with Crippen LogP contribution in [0.4, 0.5) is 10.8 Å². The molecule has 8 nitrogen and oxygen atoms in total. The number of thiazole rings is 1. The fourth-order valence-corrected chi connectivity index (χ4v) is 6.20. The van der Waals surface area contributed by atoms with E-state index < -0.39 is 0 Å². The summed E-state index contributed by atoms with van der Waals surface area (Å²) in [5.74, 6) is 1.18. The van der Waals surface area contributed by atoms with Crippen molar-refractivity contribution in [1.82, 2.24) is 10.4 Å². The average Bonchev–Trinajstić information content (AvgIpc) is 3.60. The maximum Gasteiger partial charge on any atom is 0.271 e. The van der Waals surface area contributed by atoms with Gasteiger partial charge in [-0.3, -0.25) is 4.79 Å². The molecule has 6 rings (SSSR count). The highest BCUT2D eigenvalue weighted by Crippen LogP contribution is 2.35. The molecule has 0 radical (unpaired) electrons. The molecular weight excluding hydrogens is 691 g/mol. The Hall–Kier alpha value is -5.35. The molecule has 252 valence electrons. The lowest BCUT2D eigenvalue weighted by Crippen LogP contribution is -2.17. The summed E-state index contributed by atoms with van der Waals surface area (Å²) in [5.41, 5.74) is 9.36. The van der Waals surface area contributed by atoms with Gasteiger partial charge in [0.15, 0.2) is 22.4 Å². The van der Waals surface area contributed by atoms with Crippen molar-refractivity contribution in [2.75, 3.05) is 12.4 Å².